The summed E-state index contributed by atoms with van der Waals surface area (Å²) in [7, 11) is 0. The van der Waals surface area contributed by atoms with Crippen LogP contribution in [0.5, 0.6) is 0 Å². The molecule has 4 nitrogen and oxygen atoms in total. The van der Waals surface area contributed by atoms with Crippen LogP contribution in [0.1, 0.15) is 0 Å². The van der Waals surface area contributed by atoms with Crippen molar-refractivity contribution in [3.8, 4) is 0 Å². The molecule has 12 heavy (non-hydrogen) atoms. The highest BCUT2D eigenvalue weighted by molar-refractivity contribution is 5.89. The van der Waals surface area contributed by atoms with Crippen molar-refractivity contribution in [1.82, 2.24) is 0 Å². The number of halogens is 3. The second-order valence-electron chi connectivity index (χ2n) is 1.52. The van der Waals surface area contributed by atoms with Crippen molar-refractivity contribution in [3.63, 3.8) is 0 Å². The number of rotatable bonds is 2. The zero-order valence-corrected chi connectivity index (χ0v) is 5.42. The van der Waals surface area contributed by atoms with E-state index in [0.717, 1.165) is 0 Å². The standard InChI is InChI=1S/C5H3F3O4/c6-5(7,8)12-4(11)2-1-3(9)10/h1-2H,(H,9,10)/p-1/b2-1+. The molecule has 0 radical (unpaired) electrons. The van der Waals surface area contributed by atoms with E-state index in [1.807, 2.05) is 0 Å². The highest BCUT2D eigenvalue weighted by Gasteiger charge is 2.32. The van der Waals surface area contributed by atoms with Gasteiger partial charge in [-0.1, -0.05) is 0 Å². The van der Waals surface area contributed by atoms with Crippen LogP contribution in [0.2, 0.25) is 0 Å². The minimum Gasteiger partial charge on any atom is -0.545 e. The van der Waals surface area contributed by atoms with Crippen molar-refractivity contribution >= 4 is 11.9 Å². The van der Waals surface area contributed by atoms with Gasteiger partial charge in [0, 0.05) is 6.08 Å². The van der Waals surface area contributed by atoms with Crippen LogP contribution in [0.3, 0.4) is 0 Å². The Morgan fingerprint density at radius 3 is 2.08 bits per heavy atom. The molecule has 0 unspecified atom stereocenters. The van der Waals surface area contributed by atoms with Crippen molar-refractivity contribution in [2.24, 2.45) is 0 Å². The van der Waals surface area contributed by atoms with Gasteiger partial charge < -0.3 is 14.6 Å². The average molecular weight is 183 g/mol. The van der Waals surface area contributed by atoms with Crippen LogP contribution in [0.25, 0.3) is 0 Å². The number of carbonyl (C=O) groups excluding carboxylic acids is 2. The summed E-state index contributed by atoms with van der Waals surface area (Å²) >= 11 is 0. The molecule has 0 amide bonds. The lowest BCUT2D eigenvalue weighted by molar-refractivity contribution is -0.304. The first-order valence-electron chi connectivity index (χ1n) is 2.50. The average Bonchev–Trinajstić information content (AvgIpc) is 1.79. The highest BCUT2D eigenvalue weighted by Crippen LogP contribution is 2.16. The Morgan fingerprint density at radius 1 is 1.25 bits per heavy atom. The zero-order chi connectivity index (χ0) is 9.78. The summed E-state index contributed by atoms with van der Waals surface area (Å²) in [5, 5.41) is 9.58. The van der Waals surface area contributed by atoms with E-state index < -0.39 is 18.3 Å². The molecule has 0 aromatic carbocycles. The number of carboxylic acids is 1. The second-order valence-corrected chi connectivity index (χ2v) is 1.52. The lowest BCUT2D eigenvalue weighted by Gasteiger charge is -2.03. The monoisotopic (exact) mass is 183 g/mol. The van der Waals surface area contributed by atoms with Gasteiger partial charge in [0.1, 0.15) is 0 Å². The fraction of sp³-hybridized carbons (Fsp3) is 0.200. The van der Waals surface area contributed by atoms with Crippen LogP contribution < -0.4 is 5.11 Å². The van der Waals surface area contributed by atoms with Crippen LogP contribution in [0.4, 0.5) is 13.2 Å². The first-order chi connectivity index (χ1) is 5.31. The quantitative estimate of drug-likeness (QED) is 0.421. The third kappa shape index (κ3) is 6.59. The van der Waals surface area contributed by atoms with Crippen LogP contribution in [0, 0.1) is 0 Å². The van der Waals surface area contributed by atoms with Gasteiger partial charge in [0.05, 0.1) is 5.97 Å². The van der Waals surface area contributed by atoms with Crippen molar-refractivity contribution < 1.29 is 32.6 Å². The molecule has 0 aromatic rings. The van der Waals surface area contributed by atoms with Crippen LogP contribution >= 0.6 is 0 Å². The summed E-state index contributed by atoms with van der Waals surface area (Å²) in [6.45, 7) is 0. The van der Waals surface area contributed by atoms with Crippen LogP contribution in [-0.2, 0) is 14.3 Å². The van der Waals surface area contributed by atoms with Crippen molar-refractivity contribution in [2.75, 3.05) is 0 Å². The summed E-state index contributed by atoms with van der Waals surface area (Å²) in [5.41, 5.74) is 0. The summed E-state index contributed by atoms with van der Waals surface area (Å²) in [4.78, 5) is 19.6. The maximum atomic E-state index is 11.2. The van der Waals surface area contributed by atoms with E-state index in [1.54, 1.807) is 0 Å². The predicted molar refractivity (Wildman–Crippen MR) is 26.3 cm³/mol. The maximum absolute atomic E-state index is 11.2. The number of hydrogen-bond acceptors (Lipinski definition) is 4. The molecule has 0 N–H and O–H groups in total. The molecule has 0 spiro atoms. The van der Waals surface area contributed by atoms with E-state index in [1.165, 1.54) is 0 Å². The van der Waals surface area contributed by atoms with E-state index >= 15 is 0 Å². The molecular weight excluding hydrogens is 181 g/mol. The van der Waals surface area contributed by atoms with Gasteiger partial charge in [0.15, 0.2) is 0 Å². The molecule has 0 aromatic heterocycles. The Kier molecular flexibility index (Phi) is 3.27. The molecule has 0 aliphatic carbocycles. The van der Waals surface area contributed by atoms with Crippen molar-refractivity contribution in [1.29, 1.82) is 0 Å². The van der Waals surface area contributed by atoms with E-state index in [-0.39, 0.29) is 12.2 Å². The summed E-state index contributed by atoms with van der Waals surface area (Å²) < 4.78 is 36.3. The molecule has 0 fully saturated rings. The third-order valence-corrected chi connectivity index (χ3v) is 0.572. The van der Waals surface area contributed by atoms with E-state index in [4.69, 9.17) is 0 Å². The minimum absolute atomic E-state index is 0.100. The molecule has 0 rings (SSSR count). The van der Waals surface area contributed by atoms with Gasteiger partial charge in [0.25, 0.3) is 0 Å². The summed E-state index contributed by atoms with van der Waals surface area (Å²) in [6.07, 6.45) is -4.87. The molecule has 0 aliphatic rings. The molecule has 0 saturated heterocycles. The predicted octanol–water partition coefficient (Wildman–Crippen LogP) is -0.645. The second kappa shape index (κ2) is 3.74. The normalized spacial score (nSPS) is 11.6. The first-order valence-corrected chi connectivity index (χ1v) is 2.50. The minimum atomic E-state index is -5.10. The molecule has 68 valence electrons. The van der Waals surface area contributed by atoms with Crippen LogP contribution in [-0.4, -0.2) is 18.3 Å². The Hall–Kier alpha value is -1.53. The Morgan fingerprint density at radius 2 is 1.75 bits per heavy atom. The molecule has 0 heterocycles. The van der Waals surface area contributed by atoms with E-state index in [9.17, 15) is 27.9 Å². The summed E-state index contributed by atoms with van der Waals surface area (Å²) in [5.74, 6) is -3.60. The van der Waals surface area contributed by atoms with E-state index in [2.05, 4.69) is 4.74 Å². The Bertz CT molecular complexity index is 217. The fourth-order valence-corrected chi connectivity index (χ4v) is 0.284. The first kappa shape index (κ1) is 10.5. The molecule has 0 saturated carbocycles. The van der Waals surface area contributed by atoms with Gasteiger partial charge >= 0.3 is 12.3 Å². The molecule has 0 bridgehead atoms. The Balaban J connectivity index is 3.99. The van der Waals surface area contributed by atoms with Gasteiger partial charge in [0.2, 0.25) is 0 Å². The SMILES string of the molecule is O=C([O-])/C=C/C(=O)OC(F)(F)F. The van der Waals surface area contributed by atoms with E-state index in [0.29, 0.717) is 0 Å². The number of ether oxygens (including phenoxy) is 1. The molecular formula is C5H2F3O4-. The third-order valence-electron chi connectivity index (χ3n) is 0.572. The fourth-order valence-electron chi connectivity index (χ4n) is 0.284. The number of carboxylic acid groups (broad SMARTS) is 1. The van der Waals surface area contributed by atoms with Crippen molar-refractivity contribution in [2.45, 2.75) is 6.36 Å². The number of aliphatic carboxylic acids is 1. The zero-order valence-electron chi connectivity index (χ0n) is 5.42. The van der Waals surface area contributed by atoms with Crippen molar-refractivity contribution in [3.05, 3.63) is 12.2 Å². The number of carbonyl (C=O) groups is 2. The van der Waals surface area contributed by atoms with Gasteiger partial charge in [-0.05, 0) is 6.08 Å². The van der Waals surface area contributed by atoms with Gasteiger partial charge in [-0.15, -0.1) is 13.2 Å². The maximum Gasteiger partial charge on any atom is 0.575 e. The lowest BCUT2D eigenvalue weighted by Crippen LogP contribution is -2.21. The smallest absolute Gasteiger partial charge is 0.545 e. The van der Waals surface area contributed by atoms with Gasteiger partial charge in [-0.2, -0.15) is 0 Å². The lowest BCUT2D eigenvalue weighted by atomic mass is 10.5. The van der Waals surface area contributed by atoms with Crippen LogP contribution in [0.15, 0.2) is 12.2 Å². The number of esters is 1. The number of alkyl halides is 3. The molecule has 0 aliphatic heterocycles. The van der Waals surface area contributed by atoms with Gasteiger partial charge in [-0.25, -0.2) is 4.79 Å². The molecule has 0 atom stereocenters. The highest BCUT2D eigenvalue weighted by atomic mass is 19.4. The Labute approximate surface area is 64.2 Å². The largest absolute Gasteiger partial charge is 0.575 e. The molecule has 7 heteroatoms. The van der Waals surface area contributed by atoms with Gasteiger partial charge in [-0.3, -0.25) is 0 Å². The summed E-state index contributed by atoms with van der Waals surface area (Å²) in [6, 6.07) is 0. The topological polar surface area (TPSA) is 66.4 Å². The number of hydrogen-bond donors (Lipinski definition) is 0.